The molecule has 2 aromatic rings. The van der Waals surface area contributed by atoms with Crippen molar-refractivity contribution in [1.29, 1.82) is 0 Å². The summed E-state index contributed by atoms with van der Waals surface area (Å²) in [6, 6.07) is 9.18. The van der Waals surface area contributed by atoms with Crippen molar-refractivity contribution in [2.75, 3.05) is 6.61 Å². The van der Waals surface area contributed by atoms with Gasteiger partial charge in [0.25, 0.3) is 0 Å². The average molecular weight is 564 g/mol. The molecule has 1 fully saturated rings. The number of ether oxygens (including phenoxy) is 1. The topological polar surface area (TPSA) is 87.0 Å². The fraction of sp³-hybridized carbons (Fsp3) is 0.577. The van der Waals surface area contributed by atoms with E-state index in [1.165, 1.54) is 11.3 Å². The maximum absolute atomic E-state index is 12.2. The number of aliphatic hydroxyl groups is 3. The maximum Gasteiger partial charge on any atom is 0.348 e. The van der Waals surface area contributed by atoms with Gasteiger partial charge < -0.3 is 20.1 Å². The van der Waals surface area contributed by atoms with Gasteiger partial charge in [0.2, 0.25) is 0 Å². The maximum atomic E-state index is 12.2. The molecule has 1 saturated carbocycles. The summed E-state index contributed by atoms with van der Waals surface area (Å²) in [5.41, 5.74) is 1.06. The Balaban J connectivity index is 1.48. The highest BCUT2D eigenvalue weighted by molar-refractivity contribution is 7.13. The Bertz CT molecular complexity index is 948. The zero-order valence-corrected chi connectivity index (χ0v) is 22.8. The minimum absolute atomic E-state index is 0.0586. The number of rotatable bonds is 12. The smallest absolute Gasteiger partial charge is 0.348 e. The van der Waals surface area contributed by atoms with Crippen LogP contribution in [0, 0.1) is 11.8 Å². The first-order chi connectivity index (χ1) is 16.7. The van der Waals surface area contributed by atoms with Crippen LogP contribution in [-0.4, -0.2) is 51.6 Å². The van der Waals surface area contributed by atoms with E-state index in [0.717, 1.165) is 42.5 Å². The lowest BCUT2D eigenvalue weighted by Gasteiger charge is -2.23. The Hall–Kier alpha value is -0.860. The van der Waals surface area contributed by atoms with Gasteiger partial charge in [-0.15, -0.1) is 22.9 Å². The summed E-state index contributed by atoms with van der Waals surface area (Å²) >= 11 is 20.2. The summed E-state index contributed by atoms with van der Waals surface area (Å²) in [7, 11) is 0. The molecule has 0 unspecified atom stereocenters. The fourth-order valence-electron chi connectivity index (χ4n) is 4.77. The molecular formula is C26H33Cl3O5S. The van der Waals surface area contributed by atoms with E-state index in [1.807, 2.05) is 18.2 Å². The number of thiophene rings is 1. The molecule has 0 aliphatic heterocycles. The van der Waals surface area contributed by atoms with Crippen LogP contribution < -0.4 is 0 Å². The van der Waals surface area contributed by atoms with E-state index >= 15 is 0 Å². The average Bonchev–Trinajstić information content (AvgIpc) is 3.38. The van der Waals surface area contributed by atoms with E-state index in [4.69, 9.17) is 39.5 Å². The highest BCUT2D eigenvalue weighted by Gasteiger charge is 2.40. The minimum atomic E-state index is -1.09. The van der Waals surface area contributed by atoms with Gasteiger partial charge in [-0.2, -0.15) is 0 Å². The quantitative estimate of drug-likeness (QED) is 0.221. The second-order valence-corrected chi connectivity index (χ2v) is 11.9. The molecule has 1 aliphatic carbocycles. The van der Waals surface area contributed by atoms with Gasteiger partial charge in [0.05, 0.1) is 12.2 Å². The van der Waals surface area contributed by atoms with Crippen molar-refractivity contribution in [3.63, 3.8) is 0 Å². The van der Waals surface area contributed by atoms with Crippen LogP contribution in [0.4, 0.5) is 0 Å². The van der Waals surface area contributed by atoms with Gasteiger partial charge in [-0.1, -0.05) is 30.1 Å². The summed E-state index contributed by atoms with van der Waals surface area (Å²) < 4.78 is 5.13. The lowest BCUT2D eigenvalue weighted by Crippen LogP contribution is -2.30. The van der Waals surface area contributed by atoms with Gasteiger partial charge in [-0.05, 0) is 92.7 Å². The van der Waals surface area contributed by atoms with E-state index in [0.29, 0.717) is 27.8 Å². The Kier molecular flexibility index (Phi) is 11.2. The summed E-state index contributed by atoms with van der Waals surface area (Å²) in [6.45, 7) is 1.52. The van der Waals surface area contributed by atoms with Crippen molar-refractivity contribution >= 4 is 52.1 Å². The molecule has 0 radical (unpaired) electrons. The fourth-order valence-corrected chi connectivity index (χ4v) is 6.78. The van der Waals surface area contributed by atoms with E-state index in [2.05, 4.69) is 0 Å². The second kappa shape index (κ2) is 13.6. The van der Waals surface area contributed by atoms with E-state index in [1.54, 1.807) is 19.1 Å². The molecule has 9 heteroatoms. The SMILES string of the molecule is CC[C@H](O)[C@@H](O)COC(=O)c1ccc(CCC[C@@H]2[C@@H](CCc3cc(Cl)cc(Cl)c3)[C@H](O)C[C@H]2Cl)s1. The van der Waals surface area contributed by atoms with Gasteiger partial charge in [0.15, 0.2) is 0 Å². The highest BCUT2D eigenvalue weighted by Crippen LogP contribution is 2.42. The minimum Gasteiger partial charge on any atom is -0.459 e. The lowest BCUT2D eigenvalue weighted by molar-refractivity contribution is -0.0279. The standard InChI is InChI=1S/C26H33Cl3O5S/c1-2-22(30)24(32)14-34-26(33)25-9-7-18(35-25)4-3-5-19-20(23(31)13-21(19)29)8-6-15-10-16(27)12-17(28)11-15/h7,9-12,19-24,30-32H,2-6,8,13-14H2,1H3/t19-,20-,21-,22+,23-,24+/m1/s1. The van der Waals surface area contributed by atoms with E-state index in [-0.39, 0.29) is 23.8 Å². The van der Waals surface area contributed by atoms with Gasteiger partial charge in [0, 0.05) is 20.3 Å². The molecule has 3 rings (SSSR count). The van der Waals surface area contributed by atoms with Crippen LogP contribution in [0.1, 0.15) is 59.1 Å². The number of esters is 1. The van der Waals surface area contributed by atoms with Crippen LogP contribution in [0.3, 0.4) is 0 Å². The molecule has 5 nitrogen and oxygen atoms in total. The molecule has 0 bridgehead atoms. The Labute approximate surface area is 226 Å². The predicted octanol–water partition coefficient (Wildman–Crippen LogP) is 5.90. The Morgan fingerprint density at radius 3 is 2.49 bits per heavy atom. The Morgan fingerprint density at radius 1 is 1.09 bits per heavy atom. The number of hydrogen-bond donors (Lipinski definition) is 3. The molecule has 0 spiro atoms. The second-order valence-electron chi connectivity index (χ2n) is 9.26. The molecule has 194 valence electrons. The summed E-state index contributed by atoms with van der Waals surface area (Å²) in [5, 5.41) is 31.1. The van der Waals surface area contributed by atoms with Crippen molar-refractivity contribution in [2.24, 2.45) is 11.8 Å². The van der Waals surface area contributed by atoms with Crippen LogP contribution in [0.15, 0.2) is 30.3 Å². The van der Waals surface area contributed by atoms with Gasteiger partial charge >= 0.3 is 5.97 Å². The first kappa shape index (κ1) is 28.7. The van der Waals surface area contributed by atoms with Gasteiger partial charge in [-0.3, -0.25) is 0 Å². The van der Waals surface area contributed by atoms with Crippen molar-refractivity contribution in [3.8, 4) is 0 Å². The Morgan fingerprint density at radius 2 is 1.80 bits per heavy atom. The number of alkyl halides is 1. The third-order valence-corrected chi connectivity index (χ3v) is 8.80. The largest absolute Gasteiger partial charge is 0.459 e. The number of aliphatic hydroxyl groups excluding tert-OH is 3. The molecule has 1 aromatic heterocycles. The lowest BCUT2D eigenvalue weighted by atomic mass is 9.85. The number of carbonyl (C=O) groups is 1. The predicted molar refractivity (Wildman–Crippen MR) is 142 cm³/mol. The number of carbonyl (C=O) groups excluding carboxylic acids is 1. The number of halogens is 3. The summed E-state index contributed by atoms with van der Waals surface area (Å²) in [5.74, 6) is -0.157. The molecule has 1 aromatic carbocycles. The molecular weight excluding hydrogens is 531 g/mol. The first-order valence-electron chi connectivity index (χ1n) is 12.1. The monoisotopic (exact) mass is 562 g/mol. The molecule has 1 heterocycles. The van der Waals surface area contributed by atoms with Crippen molar-refractivity contribution in [1.82, 2.24) is 0 Å². The number of aryl methyl sites for hydroxylation is 2. The summed E-state index contributed by atoms with van der Waals surface area (Å²) in [6.07, 6.45) is 2.78. The highest BCUT2D eigenvalue weighted by atomic mass is 35.5. The number of benzene rings is 1. The van der Waals surface area contributed by atoms with Gasteiger partial charge in [-0.25, -0.2) is 4.79 Å². The van der Waals surface area contributed by atoms with Gasteiger partial charge in [0.1, 0.15) is 17.6 Å². The molecule has 0 amide bonds. The first-order valence-corrected chi connectivity index (χ1v) is 14.1. The van der Waals surface area contributed by atoms with E-state index in [9.17, 15) is 20.1 Å². The molecule has 6 atom stereocenters. The molecule has 0 saturated heterocycles. The normalized spacial score (nSPS) is 23.9. The molecule has 35 heavy (non-hydrogen) atoms. The zero-order chi connectivity index (χ0) is 25.5. The van der Waals surface area contributed by atoms with Crippen molar-refractivity contribution < 1.29 is 24.9 Å². The molecule has 1 aliphatic rings. The van der Waals surface area contributed by atoms with Crippen LogP contribution in [0.25, 0.3) is 0 Å². The van der Waals surface area contributed by atoms with Crippen molar-refractivity contribution in [2.45, 2.75) is 75.6 Å². The summed E-state index contributed by atoms with van der Waals surface area (Å²) in [4.78, 5) is 13.8. The van der Waals surface area contributed by atoms with Crippen molar-refractivity contribution in [3.05, 3.63) is 55.7 Å². The van der Waals surface area contributed by atoms with E-state index < -0.39 is 24.3 Å². The van der Waals surface area contributed by atoms with Crippen LogP contribution in [0.5, 0.6) is 0 Å². The van der Waals surface area contributed by atoms with Crippen LogP contribution >= 0.6 is 46.1 Å². The third-order valence-electron chi connectivity index (χ3n) is 6.74. The third kappa shape index (κ3) is 8.32. The van der Waals surface area contributed by atoms with Crippen LogP contribution in [0.2, 0.25) is 10.0 Å². The molecule has 3 N–H and O–H groups in total. The zero-order valence-electron chi connectivity index (χ0n) is 19.7. The number of hydrogen-bond acceptors (Lipinski definition) is 6. The van der Waals surface area contributed by atoms with Crippen LogP contribution in [-0.2, 0) is 17.6 Å².